The lowest BCUT2D eigenvalue weighted by Gasteiger charge is -2.13. The zero-order valence-corrected chi connectivity index (χ0v) is 10.8. The van der Waals surface area contributed by atoms with Crippen LogP contribution in [0, 0.1) is 0 Å². The van der Waals surface area contributed by atoms with E-state index in [9.17, 15) is 4.79 Å². The van der Waals surface area contributed by atoms with Gasteiger partial charge in [-0.1, -0.05) is 37.6 Å². The summed E-state index contributed by atoms with van der Waals surface area (Å²) in [6, 6.07) is 8.68. The lowest BCUT2D eigenvalue weighted by atomic mass is 10.0. The van der Waals surface area contributed by atoms with Gasteiger partial charge in [-0.25, -0.2) is 0 Å². The maximum atomic E-state index is 11.0. The minimum atomic E-state index is -0.237. The van der Waals surface area contributed by atoms with Crippen molar-refractivity contribution in [2.75, 3.05) is 13.7 Å². The molecule has 1 aromatic rings. The first-order valence-electron chi connectivity index (χ1n) is 6.06. The highest BCUT2D eigenvalue weighted by Crippen LogP contribution is 2.14. The topological polar surface area (TPSA) is 38.3 Å². The molecular weight excluding hydrogens is 214 g/mol. The minimum absolute atomic E-state index is 0.157. The number of hydrogen-bond donors (Lipinski definition) is 1. The Morgan fingerprint density at radius 2 is 2.00 bits per heavy atom. The summed E-state index contributed by atoms with van der Waals surface area (Å²) in [6.07, 6.45) is 2.28. The summed E-state index contributed by atoms with van der Waals surface area (Å²) < 4.78 is 4.59. The van der Waals surface area contributed by atoms with E-state index in [1.165, 1.54) is 18.2 Å². The smallest absolute Gasteiger partial charge is 0.319 e. The average molecular weight is 235 g/mol. The molecule has 94 valence electrons. The number of ether oxygens (including phenoxy) is 1. The van der Waals surface area contributed by atoms with E-state index < -0.39 is 0 Å². The van der Waals surface area contributed by atoms with Crippen molar-refractivity contribution < 1.29 is 9.53 Å². The summed E-state index contributed by atoms with van der Waals surface area (Å²) in [5, 5.41) is 3.13. The van der Waals surface area contributed by atoms with E-state index in [4.69, 9.17) is 0 Å². The Morgan fingerprint density at radius 1 is 1.35 bits per heavy atom. The van der Waals surface area contributed by atoms with Crippen molar-refractivity contribution in [2.24, 2.45) is 0 Å². The lowest BCUT2D eigenvalue weighted by Crippen LogP contribution is -2.26. The van der Waals surface area contributed by atoms with Crippen molar-refractivity contribution in [1.82, 2.24) is 5.32 Å². The van der Waals surface area contributed by atoms with Gasteiger partial charge in [-0.3, -0.25) is 4.79 Å². The van der Waals surface area contributed by atoms with Gasteiger partial charge in [0.25, 0.3) is 0 Å². The van der Waals surface area contributed by atoms with Crippen LogP contribution in [-0.2, 0) is 16.0 Å². The third-order valence-electron chi connectivity index (χ3n) is 2.80. The number of carbonyl (C=O) groups excluding carboxylic acids is 1. The molecule has 0 bridgehead atoms. The number of esters is 1. The van der Waals surface area contributed by atoms with Crippen molar-refractivity contribution >= 4 is 5.97 Å². The number of aryl methyl sites for hydroxylation is 1. The van der Waals surface area contributed by atoms with Crippen LogP contribution in [0.4, 0.5) is 0 Å². The zero-order valence-electron chi connectivity index (χ0n) is 10.8. The quantitative estimate of drug-likeness (QED) is 0.770. The summed E-state index contributed by atoms with van der Waals surface area (Å²) in [6.45, 7) is 4.46. The van der Waals surface area contributed by atoms with Gasteiger partial charge in [-0.05, 0) is 24.5 Å². The first-order valence-corrected chi connectivity index (χ1v) is 6.06. The average Bonchev–Trinajstić information content (AvgIpc) is 2.36. The molecule has 0 heterocycles. The van der Waals surface area contributed by atoms with Gasteiger partial charge in [0, 0.05) is 6.04 Å². The van der Waals surface area contributed by atoms with Crippen molar-refractivity contribution in [1.29, 1.82) is 0 Å². The molecule has 3 nitrogen and oxygen atoms in total. The number of rotatable bonds is 6. The van der Waals surface area contributed by atoms with E-state index in [2.05, 4.69) is 41.2 Å². The molecular formula is C14H21NO2. The Labute approximate surface area is 103 Å². The monoisotopic (exact) mass is 235 g/mol. The Morgan fingerprint density at radius 3 is 2.53 bits per heavy atom. The van der Waals surface area contributed by atoms with Gasteiger partial charge in [-0.15, -0.1) is 0 Å². The molecule has 3 heteroatoms. The van der Waals surface area contributed by atoms with Crippen LogP contribution >= 0.6 is 0 Å². The van der Waals surface area contributed by atoms with E-state index in [0.717, 1.165) is 12.8 Å². The van der Waals surface area contributed by atoms with E-state index in [-0.39, 0.29) is 18.6 Å². The van der Waals surface area contributed by atoms with E-state index >= 15 is 0 Å². The van der Waals surface area contributed by atoms with Crippen LogP contribution in [0.3, 0.4) is 0 Å². The highest BCUT2D eigenvalue weighted by Gasteiger charge is 2.07. The summed E-state index contributed by atoms with van der Waals surface area (Å²) in [5.74, 6) is -0.237. The molecule has 1 unspecified atom stereocenters. The molecule has 0 aromatic heterocycles. The molecule has 0 aliphatic heterocycles. The first kappa shape index (κ1) is 13.7. The normalized spacial score (nSPS) is 12.2. The van der Waals surface area contributed by atoms with Gasteiger partial charge in [0.05, 0.1) is 13.7 Å². The number of methoxy groups -OCH3 is 1. The van der Waals surface area contributed by atoms with Gasteiger partial charge < -0.3 is 10.1 Å². The summed E-state index contributed by atoms with van der Waals surface area (Å²) in [4.78, 5) is 11.0. The molecule has 0 saturated heterocycles. The molecule has 0 radical (unpaired) electrons. The molecule has 0 aliphatic rings. The molecule has 0 fully saturated rings. The standard InChI is InChI=1S/C14H21NO2/c1-4-5-12-6-8-13(9-7-12)11(2)15-10-14(16)17-3/h6-9,11,15H,4-5,10H2,1-3H3. The van der Waals surface area contributed by atoms with E-state index in [1.54, 1.807) is 0 Å². The van der Waals surface area contributed by atoms with Crippen molar-refractivity contribution in [3.8, 4) is 0 Å². The Kier molecular flexibility index (Phi) is 5.70. The molecule has 17 heavy (non-hydrogen) atoms. The summed E-state index contributed by atoms with van der Waals surface area (Å²) in [5.41, 5.74) is 2.55. The highest BCUT2D eigenvalue weighted by molar-refractivity contribution is 5.71. The highest BCUT2D eigenvalue weighted by atomic mass is 16.5. The second-order valence-electron chi connectivity index (χ2n) is 4.17. The third kappa shape index (κ3) is 4.57. The van der Waals surface area contributed by atoms with Crippen LogP contribution in [0.2, 0.25) is 0 Å². The molecule has 0 spiro atoms. The number of benzene rings is 1. The largest absolute Gasteiger partial charge is 0.468 e. The fourth-order valence-electron chi connectivity index (χ4n) is 1.69. The van der Waals surface area contributed by atoms with E-state index in [0.29, 0.717) is 0 Å². The molecule has 0 aliphatic carbocycles. The van der Waals surface area contributed by atoms with Crippen molar-refractivity contribution in [2.45, 2.75) is 32.7 Å². The number of carbonyl (C=O) groups is 1. The zero-order chi connectivity index (χ0) is 12.7. The lowest BCUT2D eigenvalue weighted by molar-refractivity contribution is -0.139. The predicted octanol–water partition coefficient (Wildman–Crippen LogP) is 2.46. The Hall–Kier alpha value is -1.35. The van der Waals surface area contributed by atoms with Crippen LogP contribution in [0.5, 0.6) is 0 Å². The molecule has 1 aromatic carbocycles. The fourth-order valence-corrected chi connectivity index (χ4v) is 1.69. The van der Waals surface area contributed by atoms with Crippen LogP contribution in [0.15, 0.2) is 24.3 Å². The maximum absolute atomic E-state index is 11.0. The maximum Gasteiger partial charge on any atom is 0.319 e. The molecule has 1 rings (SSSR count). The molecule has 1 N–H and O–H groups in total. The summed E-state index contributed by atoms with van der Waals surface area (Å²) >= 11 is 0. The predicted molar refractivity (Wildman–Crippen MR) is 68.9 cm³/mol. The SMILES string of the molecule is CCCc1ccc(C(C)NCC(=O)OC)cc1. The van der Waals surface area contributed by atoms with Gasteiger partial charge in [0.1, 0.15) is 0 Å². The first-order chi connectivity index (χ1) is 8.17. The minimum Gasteiger partial charge on any atom is -0.468 e. The number of nitrogens with one attached hydrogen (secondary N) is 1. The Bertz CT molecular complexity index is 346. The second kappa shape index (κ2) is 7.07. The second-order valence-corrected chi connectivity index (χ2v) is 4.17. The van der Waals surface area contributed by atoms with Gasteiger partial charge >= 0.3 is 5.97 Å². The molecule has 0 amide bonds. The van der Waals surface area contributed by atoms with Crippen LogP contribution in [-0.4, -0.2) is 19.6 Å². The fraction of sp³-hybridized carbons (Fsp3) is 0.500. The Balaban J connectivity index is 2.51. The van der Waals surface area contributed by atoms with Crippen LogP contribution < -0.4 is 5.32 Å². The molecule has 1 atom stereocenters. The third-order valence-corrected chi connectivity index (χ3v) is 2.80. The van der Waals surface area contributed by atoms with Crippen LogP contribution in [0.1, 0.15) is 37.4 Å². The van der Waals surface area contributed by atoms with Gasteiger partial charge in [0.15, 0.2) is 0 Å². The van der Waals surface area contributed by atoms with Gasteiger partial charge in [-0.2, -0.15) is 0 Å². The van der Waals surface area contributed by atoms with Gasteiger partial charge in [0.2, 0.25) is 0 Å². The van der Waals surface area contributed by atoms with Crippen molar-refractivity contribution in [3.05, 3.63) is 35.4 Å². The van der Waals surface area contributed by atoms with Crippen LogP contribution in [0.25, 0.3) is 0 Å². The van der Waals surface area contributed by atoms with E-state index in [1.807, 2.05) is 6.92 Å². The number of hydrogen-bond acceptors (Lipinski definition) is 3. The molecule has 0 saturated carbocycles. The van der Waals surface area contributed by atoms with Crippen molar-refractivity contribution in [3.63, 3.8) is 0 Å². The summed E-state index contributed by atoms with van der Waals surface area (Å²) in [7, 11) is 1.40.